The topological polar surface area (TPSA) is 44.1 Å². The van der Waals surface area contributed by atoms with Crippen molar-refractivity contribution in [2.75, 3.05) is 0 Å². The molecule has 0 aliphatic heterocycles. The van der Waals surface area contributed by atoms with Gasteiger partial charge in [0.15, 0.2) is 0 Å². The van der Waals surface area contributed by atoms with Gasteiger partial charge in [0.2, 0.25) is 0 Å². The van der Waals surface area contributed by atoms with Crippen LogP contribution in [0.15, 0.2) is 48.5 Å². The number of hydrogen-bond donors (Lipinski definition) is 0. The van der Waals surface area contributed by atoms with Crippen molar-refractivity contribution in [2.45, 2.75) is 33.9 Å². The molecule has 0 spiro atoms. The molecule has 4 heteroatoms. The van der Waals surface area contributed by atoms with Gasteiger partial charge in [0.25, 0.3) is 0 Å². The standard InChI is InChI=1S/C15H20N2O2/c1-5-6-12(2)7-13(3)9-17-11-16-8-15(17)10-19-14(4)18/h5-8,11H,1,9-10H2,2-4H3/b12-6-,13-7+. The van der Waals surface area contributed by atoms with Crippen molar-refractivity contribution >= 4 is 5.97 Å². The summed E-state index contributed by atoms with van der Waals surface area (Å²) in [4.78, 5) is 14.9. The van der Waals surface area contributed by atoms with Gasteiger partial charge >= 0.3 is 5.97 Å². The minimum Gasteiger partial charge on any atom is -0.459 e. The zero-order chi connectivity index (χ0) is 14.3. The second-order valence-electron chi connectivity index (χ2n) is 4.43. The van der Waals surface area contributed by atoms with Crippen molar-refractivity contribution in [1.82, 2.24) is 9.55 Å². The van der Waals surface area contributed by atoms with Crippen LogP contribution in [0, 0.1) is 0 Å². The normalized spacial score (nSPS) is 12.4. The smallest absolute Gasteiger partial charge is 0.303 e. The van der Waals surface area contributed by atoms with E-state index in [9.17, 15) is 4.79 Å². The Labute approximate surface area is 114 Å². The predicted octanol–water partition coefficient (Wildman–Crippen LogP) is 3.02. The molecule has 1 aromatic heterocycles. The molecule has 0 aliphatic carbocycles. The van der Waals surface area contributed by atoms with Gasteiger partial charge in [-0.25, -0.2) is 4.98 Å². The van der Waals surface area contributed by atoms with E-state index in [1.165, 1.54) is 12.5 Å². The molecule has 0 saturated heterocycles. The van der Waals surface area contributed by atoms with Crippen LogP contribution in [0.1, 0.15) is 26.5 Å². The highest BCUT2D eigenvalue weighted by molar-refractivity contribution is 5.65. The average Bonchev–Trinajstić information content (AvgIpc) is 2.73. The van der Waals surface area contributed by atoms with Crippen LogP contribution < -0.4 is 0 Å². The first-order chi connectivity index (χ1) is 9.02. The molecule has 1 aromatic rings. The van der Waals surface area contributed by atoms with Crippen LogP contribution in [0.2, 0.25) is 0 Å². The Morgan fingerprint density at radius 2 is 2.21 bits per heavy atom. The molecule has 19 heavy (non-hydrogen) atoms. The van der Waals surface area contributed by atoms with E-state index in [-0.39, 0.29) is 12.6 Å². The number of esters is 1. The summed E-state index contributed by atoms with van der Waals surface area (Å²) in [6, 6.07) is 0. The van der Waals surface area contributed by atoms with E-state index in [0.717, 1.165) is 17.8 Å². The predicted molar refractivity (Wildman–Crippen MR) is 75.4 cm³/mol. The lowest BCUT2D eigenvalue weighted by molar-refractivity contribution is -0.142. The van der Waals surface area contributed by atoms with E-state index < -0.39 is 0 Å². The third-order valence-electron chi connectivity index (χ3n) is 2.50. The summed E-state index contributed by atoms with van der Waals surface area (Å²) in [5.74, 6) is -0.287. The van der Waals surface area contributed by atoms with Crippen LogP contribution in [-0.2, 0) is 22.7 Å². The lowest BCUT2D eigenvalue weighted by atomic mass is 10.2. The summed E-state index contributed by atoms with van der Waals surface area (Å²) >= 11 is 0. The highest BCUT2D eigenvalue weighted by Crippen LogP contribution is 2.08. The summed E-state index contributed by atoms with van der Waals surface area (Å²) in [6.45, 7) is 10.1. The number of nitrogens with zero attached hydrogens (tertiary/aromatic N) is 2. The maximum atomic E-state index is 10.8. The Balaban J connectivity index is 2.72. The summed E-state index contributed by atoms with van der Waals surface area (Å²) in [7, 11) is 0. The first-order valence-corrected chi connectivity index (χ1v) is 6.11. The van der Waals surface area contributed by atoms with Crippen LogP contribution in [0.5, 0.6) is 0 Å². The Morgan fingerprint density at radius 3 is 2.84 bits per heavy atom. The van der Waals surface area contributed by atoms with Crippen molar-refractivity contribution < 1.29 is 9.53 Å². The molecule has 102 valence electrons. The first-order valence-electron chi connectivity index (χ1n) is 6.11. The molecule has 0 radical (unpaired) electrons. The molecule has 0 bridgehead atoms. The molecule has 0 atom stereocenters. The summed E-state index contributed by atoms with van der Waals surface area (Å²) in [5.41, 5.74) is 3.22. The SMILES string of the molecule is C=C/C=C(C)\C=C(/C)Cn1cncc1COC(C)=O. The number of allylic oxidation sites excluding steroid dienone is 5. The van der Waals surface area contributed by atoms with Gasteiger partial charge in [-0.05, 0) is 13.8 Å². The zero-order valence-electron chi connectivity index (χ0n) is 11.7. The maximum Gasteiger partial charge on any atom is 0.303 e. The second kappa shape index (κ2) is 7.36. The summed E-state index contributed by atoms with van der Waals surface area (Å²) in [6.07, 6.45) is 9.27. The van der Waals surface area contributed by atoms with Crippen LogP contribution in [0.25, 0.3) is 0 Å². The van der Waals surface area contributed by atoms with E-state index in [2.05, 4.69) is 24.6 Å². The minimum atomic E-state index is -0.287. The molecule has 1 rings (SSSR count). The van der Waals surface area contributed by atoms with E-state index in [0.29, 0.717) is 0 Å². The molecule has 1 heterocycles. The van der Waals surface area contributed by atoms with Crippen LogP contribution >= 0.6 is 0 Å². The highest BCUT2D eigenvalue weighted by Gasteiger charge is 2.04. The number of imidazole rings is 1. The van der Waals surface area contributed by atoms with E-state index in [4.69, 9.17) is 4.74 Å². The van der Waals surface area contributed by atoms with Gasteiger partial charge in [0.1, 0.15) is 6.61 Å². The third-order valence-corrected chi connectivity index (χ3v) is 2.50. The molecule has 0 fully saturated rings. The fourth-order valence-corrected chi connectivity index (χ4v) is 1.72. The lowest BCUT2D eigenvalue weighted by Gasteiger charge is -2.08. The average molecular weight is 260 g/mol. The Bertz CT molecular complexity index is 510. The van der Waals surface area contributed by atoms with Crippen LogP contribution in [0.3, 0.4) is 0 Å². The zero-order valence-corrected chi connectivity index (χ0v) is 11.7. The monoisotopic (exact) mass is 260 g/mol. The molecule has 0 aromatic carbocycles. The lowest BCUT2D eigenvalue weighted by Crippen LogP contribution is -2.07. The Morgan fingerprint density at radius 1 is 1.47 bits per heavy atom. The van der Waals surface area contributed by atoms with Gasteiger partial charge in [-0.3, -0.25) is 4.79 Å². The summed E-state index contributed by atoms with van der Waals surface area (Å²) < 4.78 is 6.95. The fraction of sp³-hybridized carbons (Fsp3) is 0.333. The minimum absolute atomic E-state index is 0.254. The molecule has 0 unspecified atom stereocenters. The van der Waals surface area contributed by atoms with Gasteiger partial charge in [-0.2, -0.15) is 0 Å². The van der Waals surface area contributed by atoms with Gasteiger partial charge in [-0.1, -0.05) is 36.0 Å². The van der Waals surface area contributed by atoms with E-state index in [1.807, 2.05) is 17.6 Å². The van der Waals surface area contributed by atoms with Crippen LogP contribution in [-0.4, -0.2) is 15.5 Å². The largest absolute Gasteiger partial charge is 0.459 e. The molecular formula is C15H20N2O2. The van der Waals surface area contributed by atoms with Crippen molar-refractivity contribution in [1.29, 1.82) is 0 Å². The second-order valence-corrected chi connectivity index (χ2v) is 4.43. The molecule has 0 saturated carbocycles. The van der Waals surface area contributed by atoms with Crippen molar-refractivity contribution in [3.63, 3.8) is 0 Å². The molecule has 0 amide bonds. The molecule has 4 nitrogen and oxygen atoms in total. The number of ether oxygens (including phenoxy) is 1. The highest BCUT2D eigenvalue weighted by atomic mass is 16.5. The van der Waals surface area contributed by atoms with Crippen molar-refractivity contribution in [3.05, 3.63) is 54.2 Å². The fourth-order valence-electron chi connectivity index (χ4n) is 1.72. The number of hydrogen-bond acceptors (Lipinski definition) is 3. The number of carbonyl (C=O) groups excluding carboxylic acids is 1. The molecular weight excluding hydrogens is 240 g/mol. The van der Waals surface area contributed by atoms with Crippen molar-refractivity contribution in [3.8, 4) is 0 Å². The van der Waals surface area contributed by atoms with Gasteiger partial charge in [0, 0.05) is 13.5 Å². The molecule has 0 N–H and O–H groups in total. The first kappa shape index (κ1) is 15.0. The summed E-state index contributed by atoms with van der Waals surface area (Å²) in [5, 5.41) is 0. The Hall–Kier alpha value is -2.10. The number of rotatable bonds is 6. The van der Waals surface area contributed by atoms with Gasteiger partial charge in [0.05, 0.1) is 18.2 Å². The van der Waals surface area contributed by atoms with Crippen molar-refractivity contribution in [2.24, 2.45) is 0 Å². The van der Waals surface area contributed by atoms with E-state index >= 15 is 0 Å². The number of carbonyl (C=O) groups is 1. The van der Waals surface area contributed by atoms with E-state index in [1.54, 1.807) is 18.6 Å². The van der Waals surface area contributed by atoms with Gasteiger partial charge in [-0.15, -0.1) is 0 Å². The quantitative estimate of drug-likeness (QED) is 0.583. The number of aromatic nitrogens is 2. The molecule has 0 aliphatic rings. The third kappa shape index (κ3) is 5.38. The van der Waals surface area contributed by atoms with Crippen LogP contribution in [0.4, 0.5) is 0 Å². The Kier molecular flexibility index (Phi) is 5.79. The van der Waals surface area contributed by atoms with Gasteiger partial charge < -0.3 is 9.30 Å². The maximum absolute atomic E-state index is 10.8.